The van der Waals surface area contributed by atoms with Gasteiger partial charge in [0.15, 0.2) is 11.5 Å². The molecule has 0 aliphatic carbocycles. The van der Waals surface area contributed by atoms with Gasteiger partial charge in [0, 0.05) is 31.3 Å². The molecule has 15 heteroatoms. The van der Waals surface area contributed by atoms with Crippen LogP contribution in [0.2, 0.25) is 0 Å². The number of amides is 3. The minimum Gasteiger partial charge on any atom is -0.395 e. The summed E-state index contributed by atoms with van der Waals surface area (Å²) in [7, 11) is -3.52. The Morgan fingerprint density at radius 1 is 0.949 bits per heavy atom. The second-order valence-electron chi connectivity index (χ2n) is 8.24. The Morgan fingerprint density at radius 3 is 2.26 bits per heavy atom. The van der Waals surface area contributed by atoms with E-state index in [-0.39, 0.29) is 22.7 Å². The molecule has 0 unspecified atom stereocenters. The number of hydrogen-bond donors (Lipinski definition) is 2. The molecule has 2 N–H and O–H groups in total. The van der Waals surface area contributed by atoms with E-state index in [1.54, 1.807) is 4.72 Å². The Hall–Kier alpha value is -4.40. The molecular weight excluding hydrogens is 553 g/mol. The molecule has 1 atom stereocenters. The largest absolute Gasteiger partial charge is 0.586 e. The van der Waals surface area contributed by atoms with E-state index in [1.807, 2.05) is 0 Å². The number of sulfonamides is 1. The monoisotopic (exact) mass is 571 g/mol. The first kappa shape index (κ1) is 27.6. The highest BCUT2D eigenvalue weighted by molar-refractivity contribution is 7.90. The normalized spacial score (nSPS) is 14.4. The second kappa shape index (κ2) is 10.4. The van der Waals surface area contributed by atoms with Crippen molar-refractivity contribution in [2.45, 2.75) is 23.7 Å². The van der Waals surface area contributed by atoms with Crippen molar-refractivity contribution in [3.8, 4) is 11.5 Å². The highest BCUT2D eigenvalue weighted by atomic mass is 32.2. The number of nitrogens with one attached hydrogen (secondary N) is 2. The second-order valence-corrected chi connectivity index (χ2v) is 9.89. The molecule has 0 saturated carbocycles. The van der Waals surface area contributed by atoms with Gasteiger partial charge in [-0.2, -0.15) is 0 Å². The summed E-state index contributed by atoms with van der Waals surface area (Å²) >= 11 is 0. The van der Waals surface area contributed by atoms with Crippen molar-refractivity contribution in [1.29, 1.82) is 0 Å². The summed E-state index contributed by atoms with van der Waals surface area (Å²) in [6.45, 7) is 0. The van der Waals surface area contributed by atoms with Crippen molar-refractivity contribution in [3.05, 3.63) is 83.7 Å². The molecule has 4 rings (SSSR count). The third-order valence-electron chi connectivity index (χ3n) is 5.42. The number of ether oxygens (including phenoxy) is 2. The minimum absolute atomic E-state index is 0.00309. The lowest BCUT2D eigenvalue weighted by molar-refractivity contribution is -0.286. The Morgan fingerprint density at radius 2 is 1.59 bits per heavy atom. The van der Waals surface area contributed by atoms with E-state index in [9.17, 15) is 40.0 Å². The molecule has 3 aromatic rings. The van der Waals surface area contributed by atoms with E-state index in [4.69, 9.17) is 0 Å². The van der Waals surface area contributed by atoms with Gasteiger partial charge >= 0.3 is 12.3 Å². The van der Waals surface area contributed by atoms with E-state index >= 15 is 0 Å². The molecule has 1 aliphatic heterocycles. The Balaban J connectivity index is 1.59. The molecule has 3 aromatic carbocycles. The fourth-order valence-electron chi connectivity index (χ4n) is 3.70. The van der Waals surface area contributed by atoms with E-state index in [1.165, 1.54) is 25.2 Å². The number of fused-ring (bicyclic) bond motifs is 1. The number of nitrogens with zero attached hydrogens (tertiary/aromatic N) is 1. The van der Waals surface area contributed by atoms with E-state index in [0.717, 1.165) is 41.3 Å². The van der Waals surface area contributed by atoms with Crippen LogP contribution < -0.4 is 24.4 Å². The fraction of sp³-hybridized carbons (Fsp3) is 0.167. The number of benzene rings is 3. The maximum atomic E-state index is 14.0. The van der Waals surface area contributed by atoms with E-state index in [0.29, 0.717) is 6.07 Å². The first-order chi connectivity index (χ1) is 18.2. The third kappa shape index (κ3) is 6.37. The van der Waals surface area contributed by atoms with Gasteiger partial charge in [0.25, 0.3) is 10.0 Å². The number of anilines is 1. The molecule has 39 heavy (non-hydrogen) atoms. The third-order valence-corrected chi connectivity index (χ3v) is 6.79. The van der Waals surface area contributed by atoms with Gasteiger partial charge in [-0.3, -0.25) is 4.79 Å². The number of halogens is 5. The lowest BCUT2D eigenvalue weighted by Crippen LogP contribution is -2.52. The first-order valence-electron chi connectivity index (χ1n) is 10.9. The molecule has 0 radical (unpaired) electrons. The standard InChI is InChI=1S/C24H18F5N3O6S/c1-32(16-6-7-19-20(12-16)38-24(28,29)37-19)22(33)18(10-13-8-14(25)11-15(26)9-13)30-23(34)31-39(35,36)21-5-3-2-4-17(21)27/h2-9,11-12,18H,10H2,1H3,(H2,30,31,34)/t18-/m0/s1. The van der Waals surface area contributed by atoms with Crippen LogP contribution in [0.5, 0.6) is 11.5 Å². The number of urea groups is 1. The topological polar surface area (TPSA) is 114 Å². The number of likely N-dealkylation sites (N-methyl/N-ethyl adjacent to an activating group) is 1. The summed E-state index contributed by atoms with van der Waals surface area (Å²) in [5.41, 5.74) is -0.0847. The molecule has 0 saturated heterocycles. The van der Waals surface area contributed by atoms with Gasteiger partial charge in [0.2, 0.25) is 5.91 Å². The van der Waals surface area contributed by atoms with Crippen molar-refractivity contribution < 1.29 is 49.4 Å². The molecule has 1 heterocycles. The van der Waals surface area contributed by atoms with Gasteiger partial charge in [-0.25, -0.2) is 31.1 Å². The van der Waals surface area contributed by atoms with Gasteiger partial charge in [0.1, 0.15) is 28.4 Å². The summed E-state index contributed by atoms with van der Waals surface area (Å²) in [6.07, 6.45) is -4.44. The van der Waals surface area contributed by atoms with Crippen LogP contribution in [0, 0.1) is 17.5 Å². The molecule has 0 aromatic heterocycles. The minimum atomic E-state index is -4.72. The number of carbonyl (C=O) groups excluding carboxylic acids is 2. The van der Waals surface area contributed by atoms with Gasteiger partial charge in [0.05, 0.1) is 0 Å². The summed E-state index contributed by atoms with van der Waals surface area (Å²) in [5.74, 6) is -4.73. The molecule has 9 nitrogen and oxygen atoms in total. The van der Waals surface area contributed by atoms with Crippen molar-refractivity contribution in [1.82, 2.24) is 10.0 Å². The fourth-order valence-corrected chi connectivity index (χ4v) is 4.69. The zero-order valence-electron chi connectivity index (χ0n) is 19.8. The predicted molar refractivity (Wildman–Crippen MR) is 125 cm³/mol. The number of hydrogen-bond acceptors (Lipinski definition) is 6. The molecule has 0 spiro atoms. The van der Waals surface area contributed by atoms with Gasteiger partial charge < -0.3 is 19.7 Å². The molecular formula is C24H18F5N3O6S. The highest BCUT2D eigenvalue weighted by Crippen LogP contribution is 2.42. The highest BCUT2D eigenvalue weighted by Gasteiger charge is 2.43. The quantitative estimate of drug-likeness (QED) is 0.419. The summed E-state index contributed by atoms with van der Waals surface area (Å²) in [6, 6.07) is 6.86. The van der Waals surface area contributed by atoms with E-state index < -0.39 is 63.1 Å². The average molecular weight is 571 g/mol. The summed E-state index contributed by atoms with van der Waals surface area (Å²) in [4.78, 5) is 26.0. The Kier molecular flexibility index (Phi) is 7.37. The molecule has 3 amide bonds. The van der Waals surface area contributed by atoms with Gasteiger partial charge in [-0.1, -0.05) is 12.1 Å². The molecule has 206 valence electrons. The first-order valence-corrected chi connectivity index (χ1v) is 12.4. The van der Waals surface area contributed by atoms with Crippen LogP contribution in [0.15, 0.2) is 65.6 Å². The van der Waals surface area contributed by atoms with Crippen LogP contribution in [0.1, 0.15) is 5.56 Å². The van der Waals surface area contributed by atoms with Crippen LogP contribution in [0.4, 0.5) is 32.4 Å². The zero-order valence-corrected chi connectivity index (χ0v) is 20.6. The smallest absolute Gasteiger partial charge is 0.395 e. The van der Waals surface area contributed by atoms with Crippen LogP contribution in [0.25, 0.3) is 0 Å². The molecule has 1 aliphatic rings. The lowest BCUT2D eigenvalue weighted by atomic mass is 10.0. The van der Waals surface area contributed by atoms with Crippen molar-refractivity contribution >= 4 is 27.6 Å². The number of alkyl halides is 2. The lowest BCUT2D eigenvalue weighted by Gasteiger charge is -2.25. The van der Waals surface area contributed by atoms with Crippen molar-refractivity contribution in [3.63, 3.8) is 0 Å². The van der Waals surface area contributed by atoms with Crippen molar-refractivity contribution in [2.75, 3.05) is 11.9 Å². The Bertz CT molecular complexity index is 1530. The molecule has 0 bridgehead atoms. The zero-order chi connectivity index (χ0) is 28.5. The summed E-state index contributed by atoms with van der Waals surface area (Å²) < 4.78 is 103. The van der Waals surface area contributed by atoms with Crippen LogP contribution in [-0.2, 0) is 21.2 Å². The van der Waals surface area contributed by atoms with Gasteiger partial charge in [-0.15, -0.1) is 8.78 Å². The maximum Gasteiger partial charge on any atom is 0.586 e. The number of carbonyl (C=O) groups is 2. The van der Waals surface area contributed by atoms with Gasteiger partial charge in [-0.05, 0) is 42.0 Å². The van der Waals surface area contributed by atoms with Crippen molar-refractivity contribution in [2.24, 2.45) is 0 Å². The number of rotatable bonds is 7. The maximum absolute atomic E-state index is 14.0. The van der Waals surface area contributed by atoms with Crippen LogP contribution in [-0.4, -0.2) is 39.7 Å². The molecule has 0 fully saturated rings. The SMILES string of the molecule is CN(C(=O)[C@H](Cc1cc(F)cc(F)c1)NC(=O)NS(=O)(=O)c1ccccc1F)c1ccc2c(c1)OC(F)(F)O2. The Labute approximate surface area is 218 Å². The van der Waals surface area contributed by atoms with E-state index in [2.05, 4.69) is 14.8 Å². The van der Waals surface area contributed by atoms with Crippen LogP contribution in [0.3, 0.4) is 0 Å². The summed E-state index contributed by atoms with van der Waals surface area (Å²) in [5, 5.41) is 2.10. The predicted octanol–water partition coefficient (Wildman–Crippen LogP) is 3.69. The average Bonchev–Trinajstić information content (AvgIpc) is 3.14. The van der Waals surface area contributed by atoms with Crippen LogP contribution >= 0.6 is 0 Å².